The van der Waals surface area contributed by atoms with E-state index in [4.69, 9.17) is 5.11 Å². The van der Waals surface area contributed by atoms with Gasteiger partial charge >= 0.3 is 12.1 Å². The summed E-state index contributed by atoms with van der Waals surface area (Å²) in [5.74, 6) is -2.30. The molecule has 0 aliphatic heterocycles. The molecule has 1 unspecified atom stereocenters. The van der Waals surface area contributed by atoms with Gasteiger partial charge in [0, 0.05) is 0 Å². The summed E-state index contributed by atoms with van der Waals surface area (Å²) >= 11 is 0. The predicted molar refractivity (Wildman–Crippen MR) is 58.4 cm³/mol. The van der Waals surface area contributed by atoms with E-state index in [1.54, 1.807) is 24.3 Å². The van der Waals surface area contributed by atoms with Crippen LogP contribution in [-0.2, 0) is 9.53 Å². The molecule has 1 aromatic carbocycles. The van der Waals surface area contributed by atoms with Crippen molar-refractivity contribution < 1.29 is 27.8 Å². The maximum absolute atomic E-state index is 11.9. The monoisotopic (exact) mass is 262 g/mol. The van der Waals surface area contributed by atoms with Crippen molar-refractivity contribution in [3.63, 3.8) is 0 Å². The second-order valence-corrected chi connectivity index (χ2v) is 3.93. The average Bonchev–Trinajstić information content (AvgIpc) is 2.24. The Kier molecular flexibility index (Phi) is 4.72. The van der Waals surface area contributed by atoms with Crippen LogP contribution in [0.1, 0.15) is 17.0 Å². The van der Waals surface area contributed by atoms with Crippen LogP contribution in [0.4, 0.5) is 13.2 Å². The van der Waals surface area contributed by atoms with E-state index in [0.717, 1.165) is 5.56 Å². The van der Waals surface area contributed by atoms with E-state index in [0.29, 0.717) is 5.56 Å². The zero-order valence-corrected chi connectivity index (χ0v) is 9.70. The van der Waals surface area contributed by atoms with Crippen molar-refractivity contribution in [1.82, 2.24) is 0 Å². The number of alkyl halides is 3. The van der Waals surface area contributed by atoms with Gasteiger partial charge in [0.2, 0.25) is 0 Å². The highest BCUT2D eigenvalue weighted by atomic mass is 19.4. The lowest BCUT2D eigenvalue weighted by molar-refractivity contribution is -0.177. The topological polar surface area (TPSA) is 46.5 Å². The molecule has 0 heterocycles. The van der Waals surface area contributed by atoms with E-state index in [1.165, 1.54) is 0 Å². The van der Waals surface area contributed by atoms with Crippen LogP contribution in [0.25, 0.3) is 0 Å². The molecule has 0 spiro atoms. The van der Waals surface area contributed by atoms with E-state index < -0.39 is 31.3 Å². The fraction of sp³-hybridized carbons (Fsp3) is 0.417. The molecule has 0 aliphatic rings. The minimum Gasteiger partial charge on any atom is -0.481 e. The molecule has 0 bridgehead atoms. The number of benzene rings is 1. The Morgan fingerprint density at radius 1 is 1.33 bits per heavy atom. The van der Waals surface area contributed by atoms with Gasteiger partial charge in [-0.2, -0.15) is 13.2 Å². The SMILES string of the molecule is Cc1ccc(C(COCC(F)(F)F)C(=O)O)cc1. The standard InChI is InChI=1S/C12H13F3O3/c1-8-2-4-9(5-3-8)10(11(16)17)6-18-7-12(13,14)15/h2-5,10H,6-7H2,1H3,(H,16,17). The van der Waals surface area contributed by atoms with Crippen molar-refractivity contribution in [2.24, 2.45) is 0 Å². The van der Waals surface area contributed by atoms with Gasteiger partial charge in [-0.1, -0.05) is 29.8 Å². The Morgan fingerprint density at radius 3 is 2.33 bits per heavy atom. The molecule has 6 heteroatoms. The first kappa shape index (κ1) is 14.5. The van der Waals surface area contributed by atoms with Crippen molar-refractivity contribution >= 4 is 5.97 Å². The molecule has 0 saturated heterocycles. The lowest BCUT2D eigenvalue weighted by Gasteiger charge is -2.14. The van der Waals surface area contributed by atoms with E-state index >= 15 is 0 Å². The van der Waals surface area contributed by atoms with Gasteiger partial charge in [0.05, 0.1) is 6.61 Å². The average molecular weight is 262 g/mol. The Balaban J connectivity index is 2.66. The molecule has 18 heavy (non-hydrogen) atoms. The number of carboxylic acids is 1. The highest BCUT2D eigenvalue weighted by Gasteiger charge is 2.29. The Hall–Kier alpha value is -1.56. The molecule has 0 saturated carbocycles. The van der Waals surface area contributed by atoms with Crippen molar-refractivity contribution in [3.05, 3.63) is 35.4 Å². The largest absolute Gasteiger partial charge is 0.481 e. The molecule has 1 aromatic rings. The van der Waals surface area contributed by atoms with Crippen LogP contribution in [0, 0.1) is 6.92 Å². The first-order valence-corrected chi connectivity index (χ1v) is 5.23. The highest BCUT2D eigenvalue weighted by Crippen LogP contribution is 2.20. The summed E-state index contributed by atoms with van der Waals surface area (Å²) in [6, 6.07) is 6.56. The van der Waals surface area contributed by atoms with Gasteiger partial charge in [-0.25, -0.2) is 0 Å². The third-order valence-electron chi connectivity index (χ3n) is 2.33. The smallest absolute Gasteiger partial charge is 0.411 e. The molecular formula is C12H13F3O3. The first-order chi connectivity index (χ1) is 8.29. The first-order valence-electron chi connectivity index (χ1n) is 5.23. The molecular weight excluding hydrogens is 249 g/mol. The highest BCUT2D eigenvalue weighted by molar-refractivity contribution is 5.76. The fourth-order valence-electron chi connectivity index (χ4n) is 1.40. The van der Waals surface area contributed by atoms with E-state index in [1.807, 2.05) is 6.92 Å². The molecule has 1 N–H and O–H groups in total. The predicted octanol–water partition coefficient (Wildman–Crippen LogP) is 2.74. The van der Waals surface area contributed by atoms with Gasteiger partial charge in [-0.15, -0.1) is 0 Å². The lowest BCUT2D eigenvalue weighted by atomic mass is 9.99. The zero-order valence-electron chi connectivity index (χ0n) is 9.70. The summed E-state index contributed by atoms with van der Waals surface area (Å²) in [5.41, 5.74) is 1.37. The molecule has 100 valence electrons. The van der Waals surface area contributed by atoms with Gasteiger partial charge in [0.1, 0.15) is 12.5 Å². The molecule has 1 rings (SSSR count). The quantitative estimate of drug-likeness (QED) is 0.887. The van der Waals surface area contributed by atoms with Crippen LogP contribution in [0.15, 0.2) is 24.3 Å². The maximum atomic E-state index is 11.9. The summed E-state index contributed by atoms with van der Waals surface area (Å²) in [7, 11) is 0. The third-order valence-corrected chi connectivity index (χ3v) is 2.33. The van der Waals surface area contributed by atoms with Crippen LogP contribution < -0.4 is 0 Å². The van der Waals surface area contributed by atoms with Crippen molar-refractivity contribution in [1.29, 1.82) is 0 Å². The summed E-state index contributed by atoms with van der Waals surface area (Å²) < 4.78 is 40.1. The van der Waals surface area contributed by atoms with Crippen molar-refractivity contribution in [2.45, 2.75) is 19.0 Å². The number of hydrogen-bond acceptors (Lipinski definition) is 2. The number of carboxylic acid groups (broad SMARTS) is 1. The van der Waals surface area contributed by atoms with Crippen molar-refractivity contribution in [3.8, 4) is 0 Å². The number of rotatable bonds is 5. The number of aliphatic carboxylic acids is 1. The Labute approximate surface area is 102 Å². The molecule has 0 aromatic heterocycles. The molecule has 0 radical (unpaired) electrons. The third kappa shape index (κ3) is 4.75. The fourth-order valence-corrected chi connectivity index (χ4v) is 1.40. The second kappa shape index (κ2) is 5.86. The summed E-state index contributed by atoms with van der Waals surface area (Å²) in [5, 5.41) is 8.96. The Morgan fingerprint density at radius 2 is 1.89 bits per heavy atom. The van der Waals surface area contributed by atoms with Crippen LogP contribution in [-0.4, -0.2) is 30.5 Å². The van der Waals surface area contributed by atoms with Crippen LogP contribution in [0.2, 0.25) is 0 Å². The summed E-state index contributed by atoms with van der Waals surface area (Å²) in [6.45, 7) is -0.111. The number of ether oxygens (including phenoxy) is 1. The van der Waals surface area contributed by atoms with Crippen LogP contribution in [0.3, 0.4) is 0 Å². The van der Waals surface area contributed by atoms with Gasteiger partial charge in [0.25, 0.3) is 0 Å². The van der Waals surface area contributed by atoms with Crippen LogP contribution >= 0.6 is 0 Å². The number of hydrogen-bond donors (Lipinski definition) is 1. The van der Waals surface area contributed by atoms with Gasteiger partial charge in [-0.05, 0) is 12.5 Å². The Bertz CT molecular complexity index is 398. The van der Waals surface area contributed by atoms with Crippen LogP contribution in [0.5, 0.6) is 0 Å². The van der Waals surface area contributed by atoms with Gasteiger partial charge in [0.15, 0.2) is 0 Å². The minimum absolute atomic E-state index is 0.426. The number of carbonyl (C=O) groups is 1. The number of halogens is 3. The van der Waals surface area contributed by atoms with Crippen molar-refractivity contribution in [2.75, 3.05) is 13.2 Å². The molecule has 0 amide bonds. The second-order valence-electron chi connectivity index (χ2n) is 3.93. The zero-order chi connectivity index (χ0) is 13.8. The summed E-state index contributed by atoms with van der Waals surface area (Å²) in [6.07, 6.45) is -4.45. The molecule has 0 aliphatic carbocycles. The molecule has 3 nitrogen and oxygen atoms in total. The normalized spacial score (nSPS) is 13.3. The lowest BCUT2D eigenvalue weighted by Crippen LogP contribution is -2.23. The van der Waals surface area contributed by atoms with E-state index in [9.17, 15) is 18.0 Å². The maximum Gasteiger partial charge on any atom is 0.411 e. The van der Waals surface area contributed by atoms with E-state index in [-0.39, 0.29) is 0 Å². The summed E-state index contributed by atoms with van der Waals surface area (Å²) in [4.78, 5) is 11.0. The van der Waals surface area contributed by atoms with E-state index in [2.05, 4.69) is 4.74 Å². The molecule has 1 atom stereocenters. The minimum atomic E-state index is -4.45. The van der Waals surface area contributed by atoms with Gasteiger partial charge < -0.3 is 9.84 Å². The van der Waals surface area contributed by atoms with Gasteiger partial charge in [-0.3, -0.25) is 4.79 Å². The molecule has 0 fully saturated rings. The number of aryl methyl sites for hydroxylation is 1.